The van der Waals surface area contributed by atoms with Gasteiger partial charge in [0.15, 0.2) is 0 Å². The van der Waals surface area contributed by atoms with Gasteiger partial charge in [-0.25, -0.2) is 8.42 Å². The molecule has 0 aliphatic rings. The van der Waals surface area contributed by atoms with Crippen molar-refractivity contribution in [2.75, 3.05) is 19.3 Å². The monoisotopic (exact) mass is 346 g/mol. The number of nitrogens with zero attached hydrogens (tertiary/aromatic N) is 1. The highest BCUT2D eigenvalue weighted by Gasteiger charge is 2.35. The number of halogens is 4. The van der Waals surface area contributed by atoms with Gasteiger partial charge < -0.3 is 5.73 Å². The second-order valence-corrected chi connectivity index (χ2v) is 6.43. The Labute approximate surface area is 111 Å². The number of hydrogen-bond acceptors (Lipinski definition) is 3. The van der Waals surface area contributed by atoms with E-state index in [4.69, 9.17) is 5.73 Å². The van der Waals surface area contributed by atoms with Crippen molar-refractivity contribution in [1.82, 2.24) is 4.31 Å². The first-order chi connectivity index (χ1) is 8.04. The summed E-state index contributed by atoms with van der Waals surface area (Å²) in [5.41, 5.74) is 5.58. The van der Waals surface area contributed by atoms with Crippen molar-refractivity contribution in [3.8, 4) is 0 Å². The van der Waals surface area contributed by atoms with Crippen LogP contribution in [0.1, 0.15) is 0 Å². The fourth-order valence-corrected chi connectivity index (χ4v) is 3.33. The molecule has 0 heterocycles. The van der Waals surface area contributed by atoms with E-state index < -0.39 is 22.7 Å². The van der Waals surface area contributed by atoms with Gasteiger partial charge in [0.1, 0.15) is 6.54 Å². The van der Waals surface area contributed by atoms with E-state index >= 15 is 0 Å². The molecule has 0 atom stereocenters. The molecule has 0 radical (unpaired) electrons. The van der Waals surface area contributed by atoms with Gasteiger partial charge in [0.05, 0.1) is 4.90 Å². The zero-order chi connectivity index (χ0) is 14.1. The molecule has 0 aliphatic carbocycles. The topological polar surface area (TPSA) is 63.4 Å². The normalized spacial score (nSPS) is 13.0. The Balaban J connectivity index is 3.17. The van der Waals surface area contributed by atoms with Gasteiger partial charge in [0, 0.05) is 17.2 Å². The van der Waals surface area contributed by atoms with Gasteiger partial charge in [0.2, 0.25) is 10.0 Å². The van der Waals surface area contributed by atoms with Crippen LogP contribution in [0.4, 0.5) is 18.9 Å². The molecule has 0 unspecified atom stereocenters. The standard InChI is InChI=1S/C9H10BrF3N2O2S/c1-15(5-9(11,12)13)18(16,17)8-4-6(14)2-3-7(8)10/h2-4H,5,14H2,1H3. The molecule has 18 heavy (non-hydrogen) atoms. The maximum atomic E-state index is 12.2. The highest BCUT2D eigenvalue weighted by atomic mass is 79.9. The molecule has 1 rings (SSSR count). The fourth-order valence-electron chi connectivity index (χ4n) is 1.22. The first-order valence-electron chi connectivity index (χ1n) is 4.62. The van der Waals surface area contributed by atoms with Crippen LogP contribution in [0.2, 0.25) is 0 Å². The molecular weight excluding hydrogens is 337 g/mol. The van der Waals surface area contributed by atoms with E-state index in [1.807, 2.05) is 0 Å². The minimum atomic E-state index is -4.60. The van der Waals surface area contributed by atoms with Crippen LogP contribution in [0, 0.1) is 0 Å². The Bertz CT molecular complexity index is 545. The maximum absolute atomic E-state index is 12.2. The Morgan fingerprint density at radius 3 is 2.44 bits per heavy atom. The Kier molecular flexibility index (Phi) is 4.29. The summed E-state index contributed by atoms with van der Waals surface area (Å²) < 4.78 is 60.8. The number of hydrogen-bond donors (Lipinski definition) is 1. The van der Waals surface area contributed by atoms with E-state index in [0.717, 1.165) is 13.1 Å². The zero-order valence-electron chi connectivity index (χ0n) is 9.20. The average molecular weight is 347 g/mol. The molecule has 9 heteroatoms. The van der Waals surface area contributed by atoms with Crippen molar-refractivity contribution in [2.45, 2.75) is 11.1 Å². The van der Waals surface area contributed by atoms with Gasteiger partial charge in [-0.05, 0) is 34.1 Å². The summed E-state index contributed by atoms with van der Waals surface area (Å²) in [5.74, 6) is 0. The molecular formula is C9H10BrF3N2O2S. The van der Waals surface area contributed by atoms with Gasteiger partial charge in [-0.3, -0.25) is 0 Å². The Hall–Kier alpha value is -0.800. The van der Waals surface area contributed by atoms with Crippen molar-refractivity contribution < 1.29 is 21.6 Å². The smallest absolute Gasteiger partial charge is 0.399 e. The molecule has 0 amide bonds. The number of nitrogens with two attached hydrogens (primary N) is 1. The van der Waals surface area contributed by atoms with E-state index in [9.17, 15) is 21.6 Å². The summed E-state index contributed by atoms with van der Waals surface area (Å²) in [4.78, 5) is -0.297. The van der Waals surface area contributed by atoms with Crippen LogP contribution in [-0.2, 0) is 10.0 Å². The zero-order valence-corrected chi connectivity index (χ0v) is 11.6. The van der Waals surface area contributed by atoms with Crippen molar-refractivity contribution in [2.24, 2.45) is 0 Å². The minimum Gasteiger partial charge on any atom is -0.399 e. The molecule has 0 saturated carbocycles. The molecule has 1 aromatic carbocycles. The predicted octanol–water partition coefficient (Wildman–Crippen LogP) is 2.21. The predicted molar refractivity (Wildman–Crippen MR) is 64.4 cm³/mol. The van der Waals surface area contributed by atoms with Gasteiger partial charge in [0.25, 0.3) is 0 Å². The summed E-state index contributed by atoms with van der Waals surface area (Å²) in [5, 5.41) is 0. The molecule has 0 aromatic heterocycles. The SMILES string of the molecule is CN(CC(F)(F)F)S(=O)(=O)c1cc(N)ccc1Br. The summed E-state index contributed by atoms with van der Waals surface area (Å²) >= 11 is 2.97. The lowest BCUT2D eigenvalue weighted by Gasteiger charge is -2.19. The summed E-state index contributed by atoms with van der Waals surface area (Å²) in [7, 11) is -3.38. The second-order valence-electron chi connectivity index (χ2n) is 3.57. The number of alkyl halides is 3. The first kappa shape index (κ1) is 15.3. The lowest BCUT2D eigenvalue weighted by Crippen LogP contribution is -2.36. The highest BCUT2D eigenvalue weighted by Crippen LogP contribution is 2.28. The number of sulfonamides is 1. The van der Waals surface area contributed by atoms with Crippen LogP contribution in [-0.4, -0.2) is 32.5 Å². The minimum absolute atomic E-state index is 0.150. The third kappa shape index (κ3) is 3.59. The summed E-state index contributed by atoms with van der Waals surface area (Å²) in [6.07, 6.45) is -4.60. The van der Waals surface area contributed by atoms with Crippen LogP contribution in [0.3, 0.4) is 0 Å². The summed E-state index contributed by atoms with van der Waals surface area (Å²) in [6, 6.07) is 3.91. The van der Waals surface area contributed by atoms with E-state index in [0.29, 0.717) is 0 Å². The number of benzene rings is 1. The molecule has 0 spiro atoms. The Morgan fingerprint density at radius 2 is 1.94 bits per heavy atom. The van der Waals surface area contributed by atoms with E-state index in [2.05, 4.69) is 15.9 Å². The highest BCUT2D eigenvalue weighted by molar-refractivity contribution is 9.10. The fraction of sp³-hybridized carbons (Fsp3) is 0.333. The van der Waals surface area contributed by atoms with Crippen molar-refractivity contribution in [3.63, 3.8) is 0 Å². The van der Waals surface area contributed by atoms with Gasteiger partial charge in [-0.15, -0.1) is 0 Å². The molecule has 0 aliphatic heterocycles. The van der Waals surface area contributed by atoms with Crippen molar-refractivity contribution in [1.29, 1.82) is 0 Å². The van der Waals surface area contributed by atoms with E-state index in [1.54, 1.807) is 0 Å². The lowest BCUT2D eigenvalue weighted by atomic mass is 10.3. The average Bonchev–Trinajstić information content (AvgIpc) is 2.19. The second kappa shape index (κ2) is 5.06. The molecule has 0 saturated heterocycles. The van der Waals surface area contributed by atoms with E-state index in [-0.39, 0.29) is 19.4 Å². The largest absolute Gasteiger partial charge is 0.402 e. The molecule has 0 fully saturated rings. The molecule has 4 nitrogen and oxygen atoms in total. The van der Waals surface area contributed by atoms with Crippen LogP contribution < -0.4 is 5.73 Å². The number of rotatable bonds is 3. The molecule has 0 bridgehead atoms. The van der Waals surface area contributed by atoms with Crippen molar-refractivity contribution >= 4 is 31.6 Å². The van der Waals surface area contributed by atoms with Crippen LogP contribution >= 0.6 is 15.9 Å². The number of nitrogen functional groups attached to an aromatic ring is 1. The van der Waals surface area contributed by atoms with E-state index in [1.165, 1.54) is 12.1 Å². The lowest BCUT2D eigenvalue weighted by molar-refractivity contribution is -0.134. The van der Waals surface area contributed by atoms with Gasteiger partial charge in [-0.1, -0.05) is 0 Å². The first-order valence-corrected chi connectivity index (χ1v) is 6.85. The third-order valence-electron chi connectivity index (χ3n) is 2.05. The quantitative estimate of drug-likeness (QED) is 0.853. The van der Waals surface area contributed by atoms with Gasteiger partial charge >= 0.3 is 6.18 Å². The van der Waals surface area contributed by atoms with Crippen LogP contribution in [0.25, 0.3) is 0 Å². The maximum Gasteiger partial charge on any atom is 0.402 e. The molecule has 102 valence electrons. The molecule has 2 N–H and O–H groups in total. The summed E-state index contributed by atoms with van der Waals surface area (Å²) in [6.45, 7) is -1.56. The molecule has 1 aromatic rings. The third-order valence-corrected chi connectivity index (χ3v) is 4.84. The van der Waals surface area contributed by atoms with Crippen molar-refractivity contribution in [3.05, 3.63) is 22.7 Å². The van der Waals surface area contributed by atoms with Gasteiger partial charge in [-0.2, -0.15) is 17.5 Å². The van der Waals surface area contributed by atoms with Crippen LogP contribution in [0.15, 0.2) is 27.6 Å². The number of anilines is 1. The Morgan fingerprint density at radius 1 is 1.39 bits per heavy atom. The van der Waals surface area contributed by atoms with Crippen LogP contribution in [0.5, 0.6) is 0 Å².